The number of hydrogen-bond acceptors (Lipinski definition) is 4. The lowest BCUT2D eigenvalue weighted by atomic mass is 10.1. The van der Waals surface area contributed by atoms with Gasteiger partial charge in [0.25, 0.3) is 5.91 Å². The Morgan fingerprint density at radius 1 is 1.07 bits per heavy atom. The lowest BCUT2D eigenvalue weighted by Gasteiger charge is -2.22. The number of carbonyl (C=O) groups excluding carboxylic acids is 1. The van der Waals surface area contributed by atoms with Crippen molar-refractivity contribution in [1.29, 1.82) is 5.26 Å². The van der Waals surface area contributed by atoms with Crippen LogP contribution in [0, 0.1) is 18.3 Å². The molecule has 2 aromatic carbocycles. The number of benzene rings is 2. The van der Waals surface area contributed by atoms with Crippen molar-refractivity contribution < 1.29 is 4.79 Å². The van der Waals surface area contributed by atoms with Gasteiger partial charge in [0.1, 0.15) is 0 Å². The molecule has 0 saturated carbocycles. The normalized spacial score (nSPS) is 15.4. The lowest BCUT2D eigenvalue weighted by molar-refractivity contribution is 0.0765. The Bertz CT molecular complexity index is 1030. The van der Waals surface area contributed by atoms with Gasteiger partial charge < -0.3 is 4.90 Å². The van der Waals surface area contributed by atoms with Crippen molar-refractivity contribution >= 4 is 27.3 Å². The Morgan fingerprint density at radius 3 is 2.61 bits per heavy atom. The molecule has 0 atom stereocenters. The fraction of sp³-hybridized carbons (Fsp3) is 0.304. The summed E-state index contributed by atoms with van der Waals surface area (Å²) >= 11 is 1.61. The summed E-state index contributed by atoms with van der Waals surface area (Å²) in [5, 5.41) is 10.1. The standard InChI is InChI=1S/C23H23N3OS/c1-17-20-5-2-3-6-21(20)28-22(17)23(27)26-12-4-11-25(13-14-26)16-19-9-7-18(15-24)8-10-19/h2-3,5-10H,4,11-14,16H2,1H3. The third-order valence-electron chi connectivity index (χ3n) is 5.40. The molecule has 1 aliphatic heterocycles. The van der Waals surface area contributed by atoms with Gasteiger partial charge in [-0.15, -0.1) is 11.3 Å². The molecule has 0 aliphatic carbocycles. The average molecular weight is 390 g/mol. The summed E-state index contributed by atoms with van der Waals surface area (Å²) in [6.45, 7) is 6.32. The Kier molecular flexibility index (Phi) is 5.43. The molecule has 0 spiro atoms. The molecular formula is C23H23N3OS. The van der Waals surface area contributed by atoms with Crippen LogP contribution in [0.5, 0.6) is 0 Å². The first-order chi connectivity index (χ1) is 13.7. The zero-order valence-corrected chi connectivity index (χ0v) is 16.8. The lowest BCUT2D eigenvalue weighted by Crippen LogP contribution is -2.35. The first kappa shape index (κ1) is 18.7. The summed E-state index contributed by atoms with van der Waals surface area (Å²) in [4.78, 5) is 18.4. The molecule has 1 amide bonds. The van der Waals surface area contributed by atoms with E-state index in [4.69, 9.17) is 5.26 Å². The fourth-order valence-corrected chi connectivity index (χ4v) is 4.97. The molecule has 2 heterocycles. The topological polar surface area (TPSA) is 47.3 Å². The van der Waals surface area contributed by atoms with E-state index in [2.05, 4.69) is 30.0 Å². The maximum atomic E-state index is 13.2. The number of amides is 1. The molecular weight excluding hydrogens is 366 g/mol. The van der Waals surface area contributed by atoms with Crippen LogP contribution in [-0.4, -0.2) is 41.9 Å². The molecule has 28 heavy (non-hydrogen) atoms. The van der Waals surface area contributed by atoms with Gasteiger partial charge in [0.15, 0.2) is 0 Å². The summed E-state index contributed by atoms with van der Waals surface area (Å²) in [5.41, 5.74) is 3.00. The summed E-state index contributed by atoms with van der Waals surface area (Å²) in [6.07, 6.45) is 0.978. The van der Waals surface area contributed by atoms with Gasteiger partial charge in [-0.1, -0.05) is 30.3 Å². The van der Waals surface area contributed by atoms with E-state index < -0.39 is 0 Å². The SMILES string of the molecule is Cc1c(C(=O)N2CCCN(Cc3ccc(C#N)cc3)CC2)sc2ccccc12. The van der Waals surface area contributed by atoms with Gasteiger partial charge in [-0.25, -0.2) is 0 Å². The van der Waals surface area contributed by atoms with Gasteiger partial charge in [-0.3, -0.25) is 9.69 Å². The van der Waals surface area contributed by atoms with Crippen LogP contribution in [0.3, 0.4) is 0 Å². The number of hydrogen-bond donors (Lipinski definition) is 0. The highest BCUT2D eigenvalue weighted by molar-refractivity contribution is 7.21. The van der Waals surface area contributed by atoms with Crippen LogP contribution in [0.1, 0.15) is 32.8 Å². The molecule has 1 aliphatic rings. The monoisotopic (exact) mass is 389 g/mol. The van der Waals surface area contributed by atoms with Crippen LogP contribution < -0.4 is 0 Å². The van der Waals surface area contributed by atoms with Crippen molar-refractivity contribution in [2.75, 3.05) is 26.2 Å². The Morgan fingerprint density at radius 2 is 1.86 bits per heavy atom. The summed E-state index contributed by atoms with van der Waals surface area (Å²) < 4.78 is 1.18. The molecule has 0 radical (unpaired) electrons. The third kappa shape index (κ3) is 3.80. The molecule has 142 valence electrons. The number of nitrogens with zero attached hydrogens (tertiary/aromatic N) is 3. The van der Waals surface area contributed by atoms with Gasteiger partial charge >= 0.3 is 0 Å². The zero-order valence-electron chi connectivity index (χ0n) is 16.0. The highest BCUT2D eigenvalue weighted by Crippen LogP contribution is 2.31. The molecule has 1 fully saturated rings. The van der Waals surface area contributed by atoms with Crippen molar-refractivity contribution in [1.82, 2.24) is 9.80 Å². The van der Waals surface area contributed by atoms with E-state index in [9.17, 15) is 4.79 Å². The molecule has 3 aromatic rings. The van der Waals surface area contributed by atoms with Crippen molar-refractivity contribution in [2.24, 2.45) is 0 Å². The van der Waals surface area contributed by atoms with Crippen LogP contribution in [0.15, 0.2) is 48.5 Å². The van der Waals surface area contributed by atoms with E-state index in [1.807, 2.05) is 41.3 Å². The first-order valence-corrected chi connectivity index (χ1v) is 10.5. The number of nitriles is 1. The zero-order chi connectivity index (χ0) is 19.5. The van der Waals surface area contributed by atoms with Gasteiger partial charge in [0, 0.05) is 37.4 Å². The quantitative estimate of drug-likeness (QED) is 0.666. The minimum absolute atomic E-state index is 0.166. The number of carbonyl (C=O) groups is 1. The van der Waals surface area contributed by atoms with Gasteiger partial charge in [-0.2, -0.15) is 5.26 Å². The predicted octanol–water partition coefficient (Wildman–Crippen LogP) is 4.43. The Hall–Kier alpha value is -2.68. The predicted molar refractivity (Wildman–Crippen MR) is 114 cm³/mol. The first-order valence-electron chi connectivity index (χ1n) is 9.64. The van der Waals surface area contributed by atoms with E-state index in [0.717, 1.165) is 49.6 Å². The molecule has 0 N–H and O–H groups in total. The molecule has 0 unspecified atom stereocenters. The molecule has 0 bridgehead atoms. The Labute approximate surface area is 169 Å². The van der Waals surface area contributed by atoms with Crippen LogP contribution >= 0.6 is 11.3 Å². The number of thiophene rings is 1. The second-order valence-electron chi connectivity index (χ2n) is 7.28. The third-order valence-corrected chi connectivity index (χ3v) is 6.66. The van der Waals surface area contributed by atoms with Gasteiger partial charge in [0.05, 0.1) is 16.5 Å². The minimum atomic E-state index is 0.166. The van der Waals surface area contributed by atoms with Crippen LogP contribution in [0.4, 0.5) is 0 Å². The van der Waals surface area contributed by atoms with E-state index in [-0.39, 0.29) is 5.91 Å². The smallest absolute Gasteiger partial charge is 0.264 e. The molecule has 1 aromatic heterocycles. The average Bonchev–Trinajstić information content (AvgIpc) is 2.90. The van der Waals surface area contributed by atoms with Crippen molar-refractivity contribution in [2.45, 2.75) is 19.9 Å². The highest BCUT2D eigenvalue weighted by atomic mass is 32.1. The number of fused-ring (bicyclic) bond motifs is 1. The number of rotatable bonds is 3. The highest BCUT2D eigenvalue weighted by Gasteiger charge is 2.23. The van der Waals surface area contributed by atoms with Crippen molar-refractivity contribution in [3.05, 3.63) is 70.1 Å². The molecule has 4 nitrogen and oxygen atoms in total. The van der Waals surface area contributed by atoms with Crippen LogP contribution in [0.25, 0.3) is 10.1 Å². The molecule has 1 saturated heterocycles. The summed E-state index contributed by atoms with van der Waals surface area (Å²) in [7, 11) is 0. The second kappa shape index (κ2) is 8.14. The van der Waals surface area contributed by atoms with Gasteiger partial charge in [-0.05, 0) is 48.1 Å². The maximum absolute atomic E-state index is 13.2. The van der Waals surface area contributed by atoms with Crippen molar-refractivity contribution in [3.8, 4) is 6.07 Å². The summed E-state index contributed by atoms with van der Waals surface area (Å²) in [5.74, 6) is 0.166. The molecule has 5 heteroatoms. The number of aryl methyl sites for hydroxylation is 1. The van der Waals surface area contributed by atoms with Crippen molar-refractivity contribution in [3.63, 3.8) is 0 Å². The Balaban J connectivity index is 1.43. The largest absolute Gasteiger partial charge is 0.337 e. The van der Waals surface area contributed by atoms with Gasteiger partial charge in [0.2, 0.25) is 0 Å². The second-order valence-corrected chi connectivity index (χ2v) is 8.34. The van der Waals surface area contributed by atoms with E-state index in [1.165, 1.54) is 15.6 Å². The summed E-state index contributed by atoms with van der Waals surface area (Å²) in [6, 6.07) is 18.2. The van der Waals surface area contributed by atoms with E-state index >= 15 is 0 Å². The molecule has 4 rings (SSSR count). The fourth-order valence-electron chi connectivity index (χ4n) is 3.80. The van der Waals surface area contributed by atoms with E-state index in [0.29, 0.717) is 5.56 Å². The van der Waals surface area contributed by atoms with Crippen LogP contribution in [-0.2, 0) is 6.54 Å². The maximum Gasteiger partial charge on any atom is 0.264 e. The van der Waals surface area contributed by atoms with Crippen LogP contribution in [0.2, 0.25) is 0 Å². The van der Waals surface area contributed by atoms with E-state index in [1.54, 1.807) is 11.3 Å². The minimum Gasteiger partial charge on any atom is -0.337 e.